The number of amides is 1. The van der Waals surface area contributed by atoms with Gasteiger partial charge in [-0.2, -0.15) is 0 Å². The average Bonchev–Trinajstić information content (AvgIpc) is 2.26. The Bertz CT molecular complexity index is 218. The van der Waals surface area contributed by atoms with E-state index in [0.29, 0.717) is 13.2 Å². The monoisotopic (exact) mass is 250 g/mol. The van der Waals surface area contributed by atoms with Crippen LogP contribution < -0.4 is 5.32 Å². The number of nitrogens with one attached hydrogen (secondary N) is 1. The number of halogens is 1. The van der Waals surface area contributed by atoms with Crippen LogP contribution in [0.15, 0.2) is 0 Å². The topological polar surface area (TPSA) is 41.6 Å². The molecular formula is C11H23ClN2O2. The highest BCUT2D eigenvalue weighted by molar-refractivity contribution is 5.85. The van der Waals surface area contributed by atoms with Crippen LogP contribution in [0.5, 0.6) is 0 Å². The molecule has 16 heavy (non-hydrogen) atoms. The van der Waals surface area contributed by atoms with Crippen molar-refractivity contribution in [3.8, 4) is 0 Å². The van der Waals surface area contributed by atoms with E-state index in [4.69, 9.17) is 4.74 Å². The number of rotatable bonds is 4. The summed E-state index contributed by atoms with van der Waals surface area (Å²) in [4.78, 5) is 13.9. The Morgan fingerprint density at radius 2 is 2.25 bits per heavy atom. The van der Waals surface area contributed by atoms with E-state index in [-0.39, 0.29) is 23.7 Å². The highest BCUT2D eigenvalue weighted by Crippen LogP contribution is 2.27. The summed E-state index contributed by atoms with van der Waals surface area (Å²) < 4.78 is 4.97. The van der Waals surface area contributed by atoms with Crippen LogP contribution in [0.25, 0.3) is 0 Å². The van der Waals surface area contributed by atoms with Gasteiger partial charge in [-0.3, -0.25) is 4.79 Å². The van der Waals surface area contributed by atoms with Crippen molar-refractivity contribution in [3.63, 3.8) is 0 Å². The highest BCUT2D eigenvalue weighted by atomic mass is 35.5. The highest BCUT2D eigenvalue weighted by Gasteiger charge is 2.36. The predicted molar refractivity (Wildman–Crippen MR) is 67.0 cm³/mol. The average molecular weight is 251 g/mol. The summed E-state index contributed by atoms with van der Waals surface area (Å²) in [7, 11) is 3.50. The maximum Gasteiger partial charge on any atom is 0.229 e. The standard InChI is InChI=1S/C11H22N2O2.ClH/c1-11(5-4-6-12-9-11)10(14)13(2)7-8-15-3;/h12H,4-9H2,1-3H3;1H. The summed E-state index contributed by atoms with van der Waals surface area (Å²) >= 11 is 0. The molecule has 0 bridgehead atoms. The van der Waals surface area contributed by atoms with Crippen molar-refractivity contribution in [2.75, 3.05) is 40.4 Å². The molecule has 0 spiro atoms. The van der Waals surface area contributed by atoms with Crippen LogP contribution in [0.1, 0.15) is 19.8 Å². The first-order valence-corrected chi connectivity index (χ1v) is 5.55. The lowest BCUT2D eigenvalue weighted by molar-refractivity contribution is -0.141. The van der Waals surface area contributed by atoms with Gasteiger partial charge in [0.2, 0.25) is 5.91 Å². The minimum atomic E-state index is -0.221. The first kappa shape index (κ1) is 15.7. The van der Waals surface area contributed by atoms with Crippen molar-refractivity contribution in [1.29, 1.82) is 0 Å². The van der Waals surface area contributed by atoms with E-state index < -0.39 is 0 Å². The molecule has 1 amide bonds. The molecule has 1 atom stereocenters. The second-order valence-electron chi connectivity index (χ2n) is 4.56. The third-order valence-corrected chi connectivity index (χ3v) is 3.09. The number of hydrogen-bond donors (Lipinski definition) is 1. The minimum Gasteiger partial charge on any atom is -0.383 e. The summed E-state index contributed by atoms with van der Waals surface area (Å²) in [6.07, 6.45) is 2.07. The van der Waals surface area contributed by atoms with E-state index in [0.717, 1.165) is 25.9 Å². The van der Waals surface area contributed by atoms with Gasteiger partial charge in [-0.15, -0.1) is 12.4 Å². The Morgan fingerprint density at radius 3 is 2.75 bits per heavy atom. The fourth-order valence-electron chi connectivity index (χ4n) is 2.03. The molecule has 1 unspecified atom stereocenters. The first-order chi connectivity index (χ1) is 7.10. The molecule has 0 saturated carbocycles. The molecule has 0 aromatic rings. The molecule has 4 nitrogen and oxygen atoms in total. The Hall–Kier alpha value is -0.320. The fraction of sp³-hybridized carbons (Fsp3) is 0.909. The summed E-state index contributed by atoms with van der Waals surface area (Å²) in [6, 6.07) is 0. The summed E-state index contributed by atoms with van der Waals surface area (Å²) in [5.41, 5.74) is -0.221. The maximum atomic E-state index is 12.2. The van der Waals surface area contributed by atoms with E-state index in [1.165, 1.54) is 0 Å². The largest absolute Gasteiger partial charge is 0.383 e. The van der Waals surface area contributed by atoms with Crippen molar-refractivity contribution in [2.24, 2.45) is 5.41 Å². The van der Waals surface area contributed by atoms with Crippen LogP contribution in [-0.2, 0) is 9.53 Å². The number of nitrogens with zero attached hydrogens (tertiary/aromatic N) is 1. The molecule has 1 N–H and O–H groups in total. The van der Waals surface area contributed by atoms with Gasteiger partial charge in [0, 0.05) is 27.2 Å². The van der Waals surface area contributed by atoms with E-state index >= 15 is 0 Å². The van der Waals surface area contributed by atoms with Crippen molar-refractivity contribution in [1.82, 2.24) is 10.2 Å². The molecule has 0 radical (unpaired) electrons. The van der Waals surface area contributed by atoms with Gasteiger partial charge in [-0.1, -0.05) is 0 Å². The molecule has 1 rings (SSSR count). The van der Waals surface area contributed by atoms with Crippen LogP contribution in [0.4, 0.5) is 0 Å². The predicted octanol–water partition coefficient (Wildman–Crippen LogP) is 0.903. The van der Waals surface area contributed by atoms with Gasteiger partial charge in [0.25, 0.3) is 0 Å². The number of likely N-dealkylation sites (N-methyl/N-ethyl adjacent to an activating group) is 1. The van der Waals surface area contributed by atoms with Crippen molar-refractivity contribution < 1.29 is 9.53 Å². The van der Waals surface area contributed by atoms with Gasteiger partial charge in [-0.25, -0.2) is 0 Å². The van der Waals surface area contributed by atoms with E-state index in [1.54, 1.807) is 12.0 Å². The Kier molecular flexibility index (Phi) is 6.95. The number of carbonyl (C=O) groups excluding carboxylic acids is 1. The molecule has 1 heterocycles. The number of hydrogen-bond acceptors (Lipinski definition) is 3. The van der Waals surface area contributed by atoms with Gasteiger partial charge in [0.15, 0.2) is 0 Å². The quantitative estimate of drug-likeness (QED) is 0.806. The molecular weight excluding hydrogens is 228 g/mol. The summed E-state index contributed by atoms with van der Waals surface area (Å²) in [6.45, 7) is 5.15. The number of methoxy groups -OCH3 is 1. The van der Waals surface area contributed by atoms with Gasteiger partial charge in [0.1, 0.15) is 0 Å². The van der Waals surface area contributed by atoms with Crippen molar-refractivity contribution in [3.05, 3.63) is 0 Å². The Morgan fingerprint density at radius 1 is 1.56 bits per heavy atom. The zero-order chi connectivity index (χ0) is 11.3. The van der Waals surface area contributed by atoms with E-state index in [9.17, 15) is 4.79 Å². The molecule has 1 fully saturated rings. The molecule has 0 aromatic heterocycles. The lowest BCUT2D eigenvalue weighted by atomic mass is 9.81. The summed E-state index contributed by atoms with van der Waals surface area (Å²) in [5, 5.41) is 3.29. The Balaban J connectivity index is 0.00000225. The first-order valence-electron chi connectivity index (χ1n) is 5.55. The fourth-order valence-corrected chi connectivity index (χ4v) is 2.03. The van der Waals surface area contributed by atoms with E-state index in [2.05, 4.69) is 5.32 Å². The van der Waals surface area contributed by atoms with Crippen LogP contribution in [-0.4, -0.2) is 51.2 Å². The SMILES string of the molecule is COCCN(C)C(=O)C1(C)CCCNC1.Cl. The molecule has 0 aromatic carbocycles. The summed E-state index contributed by atoms with van der Waals surface area (Å²) in [5.74, 6) is 0.228. The van der Waals surface area contributed by atoms with Crippen LogP contribution >= 0.6 is 12.4 Å². The van der Waals surface area contributed by atoms with Gasteiger partial charge >= 0.3 is 0 Å². The molecule has 5 heteroatoms. The molecule has 1 saturated heterocycles. The molecule has 0 aliphatic carbocycles. The number of ether oxygens (including phenoxy) is 1. The smallest absolute Gasteiger partial charge is 0.229 e. The van der Waals surface area contributed by atoms with Gasteiger partial charge in [0.05, 0.1) is 12.0 Å². The Labute approximate surface area is 104 Å². The number of carbonyl (C=O) groups is 1. The molecule has 1 aliphatic heterocycles. The molecule has 1 aliphatic rings. The maximum absolute atomic E-state index is 12.2. The van der Waals surface area contributed by atoms with E-state index in [1.807, 2.05) is 14.0 Å². The lowest BCUT2D eigenvalue weighted by Crippen LogP contribution is -2.49. The van der Waals surface area contributed by atoms with Gasteiger partial charge in [-0.05, 0) is 26.3 Å². The van der Waals surface area contributed by atoms with Crippen molar-refractivity contribution >= 4 is 18.3 Å². The van der Waals surface area contributed by atoms with Crippen LogP contribution in [0.2, 0.25) is 0 Å². The minimum absolute atomic E-state index is 0. The zero-order valence-electron chi connectivity index (χ0n) is 10.4. The molecule has 96 valence electrons. The van der Waals surface area contributed by atoms with Crippen LogP contribution in [0, 0.1) is 5.41 Å². The zero-order valence-corrected chi connectivity index (χ0v) is 11.2. The third kappa shape index (κ3) is 3.92. The van der Waals surface area contributed by atoms with Crippen LogP contribution in [0.3, 0.4) is 0 Å². The van der Waals surface area contributed by atoms with Crippen molar-refractivity contribution in [2.45, 2.75) is 19.8 Å². The second kappa shape index (κ2) is 7.09. The van der Waals surface area contributed by atoms with Gasteiger partial charge < -0.3 is 15.0 Å². The lowest BCUT2D eigenvalue weighted by Gasteiger charge is -2.35. The normalized spacial score (nSPS) is 24.7. The number of piperidine rings is 1. The third-order valence-electron chi connectivity index (χ3n) is 3.09. The second-order valence-corrected chi connectivity index (χ2v) is 4.56.